The van der Waals surface area contributed by atoms with Gasteiger partial charge in [0.15, 0.2) is 0 Å². The van der Waals surface area contributed by atoms with Gasteiger partial charge in [-0.25, -0.2) is 0 Å². The fourth-order valence-electron chi connectivity index (χ4n) is 1.76. The van der Waals surface area contributed by atoms with Gasteiger partial charge in [-0.05, 0) is 44.7 Å². The largest absolute Gasteiger partial charge is 0.474 e. The maximum absolute atomic E-state index is 11.6. The van der Waals surface area contributed by atoms with Crippen molar-refractivity contribution in [2.24, 2.45) is 5.92 Å². The van der Waals surface area contributed by atoms with E-state index >= 15 is 0 Å². The molecular formula is C10H16O3S2. The lowest BCUT2D eigenvalue weighted by Crippen LogP contribution is -2.28. The van der Waals surface area contributed by atoms with Crippen LogP contribution in [0.2, 0.25) is 0 Å². The van der Waals surface area contributed by atoms with E-state index in [0.717, 1.165) is 19.3 Å². The van der Waals surface area contributed by atoms with Crippen LogP contribution in [0.1, 0.15) is 26.2 Å². The number of hydrogen-bond donors (Lipinski definition) is 0. The van der Waals surface area contributed by atoms with Crippen molar-refractivity contribution in [1.29, 1.82) is 0 Å². The van der Waals surface area contributed by atoms with E-state index < -0.39 is 0 Å². The van der Waals surface area contributed by atoms with E-state index in [1.165, 1.54) is 11.8 Å². The number of rotatable bonds is 3. The predicted molar refractivity (Wildman–Crippen MR) is 65.0 cm³/mol. The van der Waals surface area contributed by atoms with Gasteiger partial charge in [-0.1, -0.05) is 11.8 Å². The second kappa shape index (κ2) is 6.33. The van der Waals surface area contributed by atoms with Gasteiger partial charge in [0.1, 0.15) is 6.10 Å². The Morgan fingerprint density at radius 3 is 2.87 bits per heavy atom. The summed E-state index contributed by atoms with van der Waals surface area (Å²) in [7, 11) is 0. The van der Waals surface area contributed by atoms with Gasteiger partial charge in [0.2, 0.25) is 4.38 Å². The van der Waals surface area contributed by atoms with Crippen LogP contribution in [0.25, 0.3) is 0 Å². The fourth-order valence-corrected chi connectivity index (χ4v) is 2.10. The zero-order chi connectivity index (χ0) is 11.3. The van der Waals surface area contributed by atoms with Crippen molar-refractivity contribution in [3.8, 4) is 0 Å². The predicted octanol–water partition coefficient (Wildman–Crippen LogP) is 2.38. The summed E-state index contributed by atoms with van der Waals surface area (Å²) >= 11 is 6.38. The molecule has 1 fully saturated rings. The van der Waals surface area contributed by atoms with Crippen LogP contribution in [0.3, 0.4) is 0 Å². The van der Waals surface area contributed by atoms with E-state index in [1.54, 1.807) is 0 Å². The fraction of sp³-hybridized carbons (Fsp3) is 0.800. The number of ether oxygens (including phenoxy) is 2. The molecule has 0 aromatic heterocycles. The number of carbonyl (C=O) groups is 1. The van der Waals surface area contributed by atoms with Gasteiger partial charge in [-0.2, -0.15) is 0 Å². The number of hydrogen-bond acceptors (Lipinski definition) is 5. The van der Waals surface area contributed by atoms with Gasteiger partial charge in [0.25, 0.3) is 0 Å². The van der Waals surface area contributed by atoms with Crippen LogP contribution in [0, 0.1) is 5.92 Å². The minimum Gasteiger partial charge on any atom is -0.474 e. The lowest BCUT2D eigenvalue weighted by molar-refractivity contribution is -0.150. The maximum Gasteiger partial charge on any atom is 0.312 e. The minimum atomic E-state index is -0.149. The quantitative estimate of drug-likeness (QED) is 0.566. The molecule has 0 amide bonds. The third kappa shape index (κ3) is 3.65. The second-order valence-electron chi connectivity index (χ2n) is 3.40. The number of esters is 1. The molecular weight excluding hydrogens is 232 g/mol. The minimum absolute atomic E-state index is 0.0796. The number of thiocarbonyl (C=S) groups is 1. The van der Waals surface area contributed by atoms with Crippen molar-refractivity contribution in [3.63, 3.8) is 0 Å². The third-order valence-electron chi connectivity index (χ3n) is 2.46. The summed E-state index contributed by atoms with van der Waals surface area (Å²) in [5.41, 5.74) is 0. The Kier molecular flexibility index (Phi) is 5.39. The first-order chi connectivity index (χ1) is 7.19. The SMILES string of the molecule is CCOC(=O)[C@@H]1CCC[C@@H]1OC(=S)SC. The molecule has 0 N–H and O–H groups in total. The van der Waals surface area contributed by atoms with Crippen molar-refractivity contribution in [2.45, 2.75) is 32.3 Å². The van der Waals surface area contributed by atoms with Gasteiger partial charge in [-0.15, -0.1) is 0 Å². The molecule has 0 radical (unpaired) electrons. The Morgan fingerprint density at radius 2 is 2.27 bits per heavy atom. The third-order valence-corrected chi connectivity index (χ3v) is 3.48. The van der Waals surface area contributed by atoms with Gasteiger partial charge in [0.05, 0.1) is 12.5 Å². The normalized spacial score (nSPS) is 24.9. The standard InChI is InChI=1S/C10H16O3S2/c1-3-12-9(11)7-5-4-6-8(7)13-10(14)15-2/h7-8H,3-6H2,1-2H3/t7-,8+/m1/s1. The highest BCUT2D eigenvalue weighted by atomic mass is 32.2. The van der Waals surface area contributed by atoms with Crippen LogP contribution < -0.4 is 0 Å². The molecule has 5 heteroatoms. The molecule has 2 atom stereocenters. The van der Waals surface area contributed by atoms with E-state index in [-0.39, 0.29) is 18.0 Å². The van der Waals surface area contributed by atoms with Crippen LogP contribution >= 0.6 is 24.0 Å². The van der Waals surface area contributed by atoms with Gasteiger partial charge < -0.3 is 9.47 Å². The van der Waals surface area contributed by atoms with E-state index in [9.17, 15) is 4.79 Å². The van der Waals surface area contributed by atoms with Crippen LogP contribution in [0.4, 0.5) is 0 Å². The summed E-state index contributed by atoms with van der Waals surface area (Å²) in [4.78, 5) is 11.6. The molecule has 1 saturated carbocycles. The van der Waals surface area contributed by atoms with Gasteiger partial charge in [-0.3, -0.25) is 4.79 Å². The average molecular weight is 248 g/mol. The smallest absolute Gasteiger partial charge is 0.312 e. The monoisotopic (exact) mass is 248 g/mol. The maximum atomic E-state index is 11.6. The zero-order valence-corrected chi connectivity index (χ0v) is 10.7. The van der Waals surface area contributed by atoms with E-state index in [0.29, 0.717) is 11.0 Å². The molecule has 0 heterocycles. The molecule has 0 aromatic carbocycles. The van der Waals surface area contributed by atoms with Crippen LogP contribution in [0.5, 0.6) is 0 Å². The molecule has 86 valence electrons. The first kappa shape index (κ1) is 12.8. The highest BCUT2D eigenvalue weighted by Gasteiger charge is 2.36. The number of thioether (sulfide) groups is 1. The lowest BCUT2D eigenvalue weighted by atomic mass is 10.1. The first-order valence-electron chi connectivity index (χ1n) is 5.10. The van der Waals surface area contributed by atoms with Crippen LogP contribution in [-0.4, -0.2) is 29.3 Å². The van der Waals surface area contributed by atoms with E-state index in [2.05, 4.69) is 0 Å². The van der Waals surface area contributed by atoms with E-state index in [4.69, 9.17) is 21.7 Å². The van der Waals surface area contributed by atoms with Crippen LogP contribution in [-0.2, 0) is 14.3 Å². The second-order valence-corrected chi connectivity index (χ2v) is 4.81. The van der Waals surface area contributed by atoms with Crippen molar-refractivity contribution in [3.05, 3.63) is 0 Å². The topological polar surface area (TPSA) is 35.5 Å². The molecule has 0 saturated heterocycles. The van der Waals surface area contributed by atoms with Crippen molar-refractivity contribution in [2.75, 3.05) is 12.9 Å². The first-order valence-corrected chi connectivity index (χ1v) is 6.73. The Balaban J connectivity index is 2.49. The molecule has 0 spiro atoms. The summed E-state index contributed by atoms with van der Waals surface area (Å²) in [5, 5.41) is 0. The molecule has 1 aliphatic carbocycles. The summed E-state index contributed by atoms with van der Waals surface area (Å²) in [6.45, 7) is 2.24. The summed E-state index contributed by atoms with van der Waals surface area (Å²) in [6.07, 6.45) is 4.54. The summed E-state index contributed by atoms with van der Waals surface area (Å²) in [5.74, 6) is -0.279. The van der Waals surface area contributed by atoms with Crippen molar-refractivity contribution < 1.29 is 14.3 Å². The molecule has 1 aliphatic rings. The van der Waals surface area contributed by atoms with Gasteiger partial charge in [0, 0.05) is 0 Å². The highest BCUT2D eigenvalue weighted by Crippen LogP contribution is 2.30. The van der Waals surface area contributed by atoms with Crippen molar-refractivity contribution >= 4 is 34.3 Å². The molecule has 3 nitrogen and oxygen atoms in total. The highest BCUT2D eigenvalue weighted by molar-refractivity contribution is 8.22. The number of carbonyl (C=O) groups excluding carboxylic acids is 1. The Labute approximate surface area is 99.9 Å². The Hall–Kier alpha value is -0.290. The molecule has 15 heavy (non-hydrogen) atoms. The molecule has 1 rings (SSSR count). The lowest BCUT2D eigenvalue weighted by Gasteiger charge is -2.19. The van der Waals surface area contributed by atoms with Crippen molar-refractivity contribution in [1.82, 2.24) is 0 Å². The summed E-state index contributed by atoms with van der Waals surface area (Å²) in [6, 6.07) is 0. The Bertz CT molecular complexity index is 243. The van der Waals surface area contributed by atoms with Crippen LogP contribution in [0.15, 0.2) is 0 Å². The molecule has 0 bridgehead atoms. The summed E-state index contributed by atoms with van der Waals surface area (Å²) < 4.78 is 11.0. The average Bonchev–Trinajstić information content (AvgIpc) is 2.66. The Morgan fingerprint density at radius 1 is 1.53 bits per heavy atom. The molecule has 0 aromatic rings. The molecule has 0 unspecified atom stereocenters. The van der Waals surface area contributed by atoms with Gasteiger partial charge >= 0.3 is 5.97 Å². The molecule has 0 aliphatic heterocycles. The van der Waals surface area contributed by atoms with E-state index in [1.807, 2.05) is 13.2 Å². The zero-order valence-electron chi connectivity index (χ0n) is 9.02.